The Morgan fingerprint density at radius 2 is 1.62 bits per heavy atom. The van der Waals surface area contributed by atoms with Crippen LogP contribution in [0.1, 0.15) is 119 Å². The fraction of sp³-hybridized carbons (Fsp3) is 0.947. The van der Waals surface area contributed by atoms with Gasteiger partial charge in [0, 0.05) is 36.8 Å². The Morgan fingerprint density at radius 1 is 1.00 bits per heavy atom. The number of likely N-dealkylation sites (N-methyl/N-ethyl adjacent to an activating group) is 1. The molecule has 1 radical (unpaired) electrons. The van der Waals surface area contributed by atoms with Crippen LogP contribution >= 0.6 is 7.82 Å². The Hall–Kier alpha value is 0.0300. The predicted octanol–water partition coefficient (Wildman–Crippen LogP) is 4.93. The van der Waals surface area contributed by atoms with Crippen molar-refractivity contribution in [2.75, 3.05) is 47.2 Å². The van der Waals surface area contributed by atoms with Crippen LogP contribution in [0.3, 0.4) is 0 Å². The average molecular weight is 431 g/mol. The van der Waals surface area contributed by atoms with Crippen molar-refractivity contribution in [1.29, 1.82) is 0 Å². The van der Waals surface area contributed by atoms with Crippen molar-refractivity contribution in [1.82, 2.24) is 0 Å². The summed E-state index contributed by atoms with van der Waals surface area (Å²) in [7, 11) is -6.15. The summed E-state index contributed by atoms with van der Waals surface area (Å²) in [5.74, 6) is 0. The highest BCUT2D eigenvalue weighted by Gasteiger charge is 2.22. The number of phosphoric ester groups is 1. The van der Waals surface area contributed by atoms with Crippen LogP contribution in [-0.4, -0.2) is 56.6 Å². The van der Waals surface area contributed by atoms with Gasteiger partial charge >= 0.3 is 7.82 Å². The second-order valence-corrected chi connectivity index (χ2v) is 4.92. The Labute approximate surface area is 210 Å². The molecule has 1 atom stereocenters. The first-order chi connectivity index (χ1) is 25.9. The normalized spacial score (nSPS) is 42.6. The lowest BCUT2D eigenvalue weighted by Crippen LogP contribution is -2.37. The van der Waals surface area contributed by atoms with Gasteiger partial charge in [-0.3, -0.25) is 9.05 Å². The third kappa shape index (κ3) is 20.3. The van der Waals surface area contributed by atoms with Gasteiger partial charge in [0.2, 0.25) is 0 Å². The minimum atomic E-state index is -6.15. The molecule has 0 aromatic carbocycles. The maximum Gasteiger partial charge on any atom is 0.472 e. The van der Waals surface area contributed by atoms with Gasteiger partial charge in [-0.1, -0.05) is 64.2 Å². The van der Waals surface area contributed by atoms with Crippen LogP contribution in [0.4, 0.5) is 0 Å². The molecule has 157 valence electrons. The van der Waals surface area contributed by atoms with Crippen LogP contribution < -0.4 is 0 Å². The van der Waals surface area contributed by atoms with E-state index in [0.29, 0.717) is 0 Å². The molecule has 0 aliphatic heterocycles. The minimum Gasteiger partial charge on any atom is -0.373 e. The first kappa shape index (κ1) is 4.53. The molecular formula is C19H42NO5P+. The first-order valence-electron chi connectivity index (χ1n) is 23.9. The molecule has 0 amide bonds. The van der Waals surface area contributed by atoms with Crippen molar-refractivity contribution >= 4 is 7.82 Å². The molecule has 1 N–H and O–H groups in total. The molecular weight excluding hydrogens is 353 g/mol. The van der Waals surface area contributed by atoms with Gasteiger partial charge in [0.15, 0.2) is 0 Å². The fourth-order valence-electron chi connectivity index (χ4n) is 0.750. The quantitative estimate of drug-likeness (QED) is 0.179. The van der Waals surface area contributed by atoms with Gasteiger partial charge in [-0.05, 0) is 6.37 Å². The number of quaternary nitrogens is 1. The van der Waals surface area contributed by atoms with Crippen LogP contribution in [0.25, 0.3) is 0 Å². The van der Waals surface area contributed by atoms with E-state index in [9.17, 15) is 9.46 Å². The highest BCUT2D eigenvalue weighted by Crippen LogP contribution is 2.42. The molecule has 0 fully saturated rings. The second-order valence-electron chi connectivity index (χ2n) is 3.54. The van der Waals surface area contributed by atoms with Crippen LogP contribution in [0.2, 0.25) is 0 Å². The van der Waals surface area contributed by atoms with E-state index < -0.39 is 130 Å². The summed E-state index contributed by atoms with van der Waals surface area (Å²) in [6.45, 7) is -29.0. The number of phosphoric acid groups is 1. The molecule has 0 saturated carbocycles. The van der Waals surface area contributed by atoms with Gasteiger partial charge in [-0.2, -0.15) is 0 Å². The Balaban J connectivity index is 6.55. The number of rotatable bonds is 19. The zero-order valence-corrected chi connectivity index (χ0v) is 13.9. The van der Waals surface area contributed by atoms with Crippen LogP contribution in [-0.2, 0) is 18.3 Å². The summed E-state index contributed by atoms with van der Waals surface area (Å²) >= 11 is 0. The lowest BCUT2D eigenvalue weighted by molar-refractivity contribution is -0.870. The summed E-state index contributed by atoms with van der Waals surface area (Å²) in [5, 5.41) is 0. The van der Waals surface area contributed by atoms with E-state index in [2.05, 4.69) is 13.8 Å². The Kier molecular flexibility index (Phi) is 2.79. The molecule has 6 nitrogen and oxygen atoms in total. The fourth-order valence-corrected chi connectivity index (χ4v) is 1.21. The van der Waals surface area contributed by atoms with Crippen LogP contribution in [0.5, 0.6) is 0 Å². The SMILES string of the molecule is [2H]C([2H])C([2H])([2H])C([2H])([2H])C([2H])([2H])C([2H])([2H])C([2H])([2H])C([2H])([2H])C([2H])([2H])C([2H])([2H])C([2H])([2H])C([2H])([2H])CO[CH]COP(=O)(O)OC([2H])([2H])C([2H])([2H])[N+](C([2H])([2H])[2H])(C([2H])([2H])[2H])C([2H])([2H])[2H]. The molecule has 26 heavy (non-hydrogen) atoms. The summed E-state index contributed by atoms with van der Waals surface area (Å²) in [6, 6.07) is 0. The van der Waals surface area contributed by atoms with Crippen molar-refractivity contribution in [3.05, 3.63) is 6.61 Å². The smallest absolute Gasteiger partial charge is 0.373 e. The number of hydrogen-bond acceptors (Lipinski definition) is 4. The van der Waals surface area contributed by atoms with Crippen molar-refractivity contribution < 1.29 is 75.7 Å². The summed E-state index contributed by atoms with van der Waals surface area (Å²) in [4.78, 5) is 10.0. The zero-order valence-electron chi connectivity index (χ0n) is 48.0. The van der Waals surface area contributed by atoms with Crippen molar-refractivity contribution in [2.24, 2.45) is 0 Å². The largest absolute Gasteiger partial charge is 0.472 e. The third-order valence-corrected chi connectivity index (χ3v) is 2.35. The van der Waals surface area contributed by atoms with Crippen molar-refractivity contribution in [3.63, 3.8) is 0 Å². The maximum absolute atomic E-state index is 12.6. The zero-order chi connectivity index (χ0) is 50.3. The monoisotopic (exact) mass is 430 g/mol. The van der Waals surface area contributed by atoms with E-state index in [0.717, 1.165) is 0 Å². The summed E-state index contributed by atoms with van der Waals surface area (Å²) < 4.78 is 296. The van der Waals surface area contributed by atoms with Crippen molar-refractivity contribution in [2.45, 2.75) is 70.6 Å². The Bertz CT molecular complexity index is 1540. The molecule has 0 aromatic rings. The Morgan fingerprint density at radius 3 is 2.23 bits per heavy atom. The van der Waals surface area contributed by atoms with Gasteiger partial charge in [0.1, 0.15) is 19.7 Å². The topological polar surface area (TPSA) is 65.0 Å². The second kappa shape index (κ2) is 16.0. The van der Waals surface area contributed by atoms with Gasteiger partial charge in [0.25, 0.3) is 0 Å². The van der Waals surface area contributed by atoms with Gasteiger partial charge in [-0.25, -0.2) is 4.57 Å². The predicted molar refractivity (Wildman–Crippen MR) is 107 cm³/mol. The van der Waals surface area contributed by atoms with Crippen LogP contribution in [0.15, 0.2) is 0 Å². The highest BCUT2D eigenvalue weighted by atomic mass is 31.2. The number of nitrogens with zero attached hydrogens (tertiary/aromatic N) is 1. The van der Waals surface area contributed by atoms with E-state index in [1.54, 1.807) is 0 Å². The van der Waals surface area contributed by atoms with Gasteiger partial charge in [-0.15, -0.1) is 0 Å². The van der Waals surface area contributed by atoms with E-state index in [1.165, 1.54) is 0 Å². The first-order valence-corrected chi connectivity index (χ1v) is 7.71. The molecule has 0 heterocycles. The number of ether oxygens (including phenoxy) is 1. The van der Waals surface area contributed by atoms with Gasteiger partial charge < -0.3 is 14.1 Å². The lowest BCUT2D eigenvalue weighted by Gasteiger charge is -2.23. The maximum atomic E-state index is 12.6. The standard InChI is InChI=1S/C19H41NO5P/c1-5-6-7-8-9-10-11-12-13-14-16-23-18-19-25-26(21,22)24-17-15-20(2,3)4/h18H,5-17,19H2,1-4H3/p+1/i1D2,2D3,3D3,4D3,5D2,6D2,7D2,8D2,9D2,10D2,11D2,12D2,13D2,14D2,15D2,17D2. The molecule has 7 heteroatoms. The average Bonchev–Trinajstić information content (AvgIpc) is 2.96. The molecule has 0 spiro atoms. The van der Waals surface area contributed by atoms with E-state index >= 15 is 0 Å². The molecule has 0 rings (SSSR count). The molecule has 0 saturated heterocycles. The molecule has 0 aliphatic carbocycles. The summed E-state index contributed by atoms with van der Waals surface area (Å²) in [5.41, 5.74) is 0. The highest BCUT2D eigenvalue weighted by molar-refractivity contribution is 7.47. The lowest BCUT2D eigenvalue weighted by atomic mass is 10.1. The molecule has 1 unspecified atom stereocenters. The van der Waals surface area contributed by atoms with Crippen LogP contribution in [0, 0.1) is 6.61 Å². The van der Waals surface area contributed by atoms with E-state index in [-0.39, 0.29) is 6.61 Å². The van der Waals surface area contributed by atoms with E-state index in [4.69, 9.17) is 48.0 Å². The minimum absolute atomic E-state index is 0.0988. The molecule has 0 bridgehead atoms. The summed E-state index contributed by atoms with van der Waals surface area (Å²) in [6.07, 6.45) is -45.5. The third-order valence-electron chi connectivity index (χ3n) is 1.55. The van der Waals surface area contributed by atoms with Crippen molar-refractivity contribution in [3.8, 4) is 0 Å². The van der Waals surface area contributed by atoms with Gasteiger partial charge in [0.05, 0.1) is 45.4 Å². The van der Waals surface area contributed by atoms with E-state index in [1.807, 2.05) is 0 Å². The number of hydrogen-bond donors (Lipinski definition) is 1. The molecule has 0 aromatic heterocycles. The molecule has 0 aliphatic rings.